The lowest BCUT2D eigenvalue weighted by molar-refractivity contribution is -0.389. The average molecular weight is 345 g/mol. The van der Waals surface area contributed by atoms with Gasteiger partial charge >= 0.3 is 11.8 Å². The largest absolute Gasteiger partial charge is 0.506 e. The van der Waals surface area contributed by atoms with Gasteiger partial charge < -0.3 is 24.5 Å². The highest BCUT2D eigenvalue weighted by Gasteiger charge is 2.34. The molecule has 0 bridgehead atoms. The lowest BCUT2D eigenvalue weighted by Gasteiger charge is -2.10. The van der Waals surface area contributed by atoms with E-state index in [-0.39, 0.29) is 12.2 Å². The van der Waals surface area contributed by atoms with Crippen molar-refractivity contribution in [1.29, 1.82) is 0 Å². The first-order valence-electron chi connectivity index (χ1n) is 7.24. The number of Topliss-reactive ketones (excluding diaryl/α,β-unsaturated/α-hetero) is 1. The van der Waals surface area contributed by atoms with Gasteiger partial charge in [-0.25, -0.2) is 4.79 Å². The van der Waals surface area contributed by atoms with E-state index in [1.807, 2.05) is 0 Å². The molecule has 1 aromatic heterocycles. The molecule has 0 atom stereocenters. The summed E-state index contributed by atoms with van der Waals surface area (Å²) < 4.78 is 5.94. The van der Waals surface area contributed by atoms with Gasteiger partial charge in [0.2, 0.25) is 12.1 Å². The topological polar surface area (TPSA) is 125 Å². The fourth-order valence-electron chi connectivity index (χ4n) is 2.17. The Hall–Kier alpha value is -3.49. The SMILES string of the molecule is CCOC(=O)/C(C(=O)c1c([N+](=O)[O-])ncn1C)=C(/O)c1ccccc1. The molecule has 25 heavy (non-hydrogen) atoms. The number of hydrogen-bond acceptors (Lipinski definition) is 7. The zero-order chi connectivity index (χ0) is 18.6. The van der Waals surface area contributed by atoms with Crippen molar-refractivity contribution < 1.29 is 24.4 Å². The first kappa shape index (κ1) is 17.9. The van der Waals surface area contributed by atoms with Crippen LogP contribution in [0, 0.1) is 10.1 Å². The zero-order valence-electron chi connectivity index (χ0n) is 13.5. The fraction of sp³-hybridized carbons (Fsp3) is 0.188. The summed E-state index contributed by atoms with van der Waals surface area (Å²) in [6.45, 7) is 1.50. The van der Waals surface area contributed by atoms with E-state index in [4.69, 9.17) is 4.74 Å². The van der Waals surface area contributed by atoms with Crippen LogP contribution in [-0.2, 0) is 16.6 Å². The molecule has 0 aliphatic heterocycles. The summed E-state index contributed by atoms with van der Waals surface area (Å²) in [5.41, 5.74) is -0.931. The van der Waals surface area contributed by atoms with Crippen molar-refractivity contribution in [3.8, 4) is 0 Å². The van der Waals surface area contributed by atoms with Gasteiger partial charge in [-0.2, -0.15) is 0 Å². The third kappa shape index (κ3) is 3.55. The predicted molar refractivity (Wildman–Crippen MR) is 86.8 cm³/mol. The Kier molecular flexibility index (Phi) is 5.28. The summed E-state index contributed by atoms with van der Waals surface area (Å²) >= 11 is 0. The Bertz CT molecular complexity index is 854. The highest BCUT2D eigenvalue weighted by Crippen LogP contribution is 2.24. The van der Waals surface area contributed by atoms with Gasteiger partial charge in [-0.05, 0) is 16.8 Å². The fourth-order valence-corrected chi connectivity index (χ4v) is 2.17. The molecule has 1 N–H and O–H groups in total. The average Bonchev–Trinajstić information content (AvgIpc) is 2.97. The van der Waals surface area contributed by atoms with Crippen LogP contribution in [0.3, 0.4) is 0 Å². The van der Waals surface area contributed by atoms with E-state index in [9.17, 15) is 24.8 Å². The Morgan fingerprint density at radius 1 is 1.32 bits per heavy atom. The molecule has 1 heterocycles. The van der Waals surface area contributed by atoms with Crippen molar-refractivity contribution in [2.75, 3.05) is 6.61 Å². The number of imidazole rings is 1. The second-order valence-corrected chi connectivity index (χ2v) is 4.92. The van der Waals surface area contributed by atoms with Gasteiger partial charge in [-0.1, -0.05) is 30.3 Å². The molecular weight excluding hydrogens is 330 g/mol. The Balaban J connectivity index is 2.65. The highest BCUT2D eigenvalue weighted by molar-refractivity contribution is 6.28. The van der Waals surface area contributed by atoms with Crippen molar-refractivity contribution in [2.24, 2.45) is 7.05 Å². The van der Waals surface area contributed by atoms with Crippen molar-refractivity contribution in [3.05, 3.63) is 63.6 Å². The zero-order valence-corrected chi connectivity index (χ0v) is 13.5. The van der Waals surface area contributed by atoms with Gasteiger partial charge in [0, 0.05) is 12.6 Å². The minimum Gasteiger partial charge on any atom is -0.506 e. The maximum atomic E-state index is 12.8. The maximum absolute atomic E-state index is 12.8. The number of aryl methyl sites for hydroxylation is 1. The summed E-state index contributed by atoms with van der Waals surface area (Å²) in [4.78, 5) is 38.8. The monoisotopic (exact) mass is 345 g/mol. The van der Waals surface area contributed by atoms with Crippen molar-refractivity contribution in [3.63, 3.8) is 0 Å². The van der Waals surface area contributed by atoms with Gasteiger partial charge in [0.15, 0.2) is 11.3 Å². The molecule has 130 valence electrons. The van der Waals surface area contributed by atoms with Crippen molar-refractivity contribution in [1.82, 2.24) is 9.55 Å². The number of aliphatic hydroxyl groups is 1. The maximum Gasteiger partial charge on any atom is 0.393 e. The number of esters is 1. The highest BCUT2D eigenvalue weighted by atomic mass is 16.6. The van der Waals surface area contributed by atoms with E-state index in [1.54, 1.807) is 18.2 Å². The molecule has 0 amide bonds. The molecule has 2 aromatic rings. The second kappa shape index (κ2) is 7.39. The van der Waals surface area contributed by atoms with Crippen LogP contribution < -0.4 is 0 Å². The van der Waals surface area contributed by atoms with Crippen LogP contribution in [0.2, 0.25) is 0 Å². The Morgan fingerprint density at radius 3 is 2.52 bits per heavy atom. The summed E-state index contributed by atoms with van der Waals surface area (Å²) in [7, 11) is 1.37. The summed E-state index contributed by atoms with van der Waals surface area (Å²) in [6.07, 6.45) is 1.08. The van der Waals surface area contributed by atoms with Gasteiger partial charge in [-0.3, -0.25) is 4.79 Å². The first-order chi connectivity index (χ1) is 11.9. The standard InChI is InChI=1S/C16H15N3O6/c1-3-25-16(22)11(13(20)10-7-5-4-6-8-10)14(21)12-15(19(23)24)17-9-18(12)2/h4-9,20H,3H2,1-2H3/b13-11+. The number of benzene rings is 1. The number of ketones is 1. The molecular formula is C16H15N3O6. The number of aromatic nitrogens is 2. The molecule has 0 unspecified atom stereocenters. The van der Waals surface area contributed by atoms with Crippen LogP contribution >= 0.6 is 0 Å². The number of nitro groups is 1. The minimum absolute atomic E-state index is 0.0365. The Labute approximate surface area is 142 Å². The molecule has 0 fully saturated rings. The normalized spacial score (nSPS) is 11.6. The third-order valence-electron chi connectivity index (χ3n) is 3.30. The van der Waals surface area contributed by atoms with Gasteiger partial charge in [0.25, 0.3) is 0 Å². The quantitative estimate of drug-likeness (QED) is 0.124. The van der Waals surface area contributed by atoms with E-state index in [0.29, 0.717) is 0 Å². The smallest absolute Gasteiger partial charge is 0.393 e. The number of hydrogen-bond donors (Lipinski definition) is 1. The van der Waals surface area contributed by atoms with E-state index >= 15 is 0 Å². The van der Waals surface area contributed by atoms with E-state index in [0.717, 1.165) is 10.9 Å². The van der Waals surface area contributed by atoms with E-state index in [2.05, 4.69) is 4.98 Å². The number of nitrogens with zero attached hydrogens (tertiary/aromatic N) is 3. The minimum atomic E-state index is -1.08. The van der Waals surface area contributed by atoms with Crippen LogP contribution in [0.25, 0.3) is 5.76 Å². The number of carbonyl (C=O) groups is 2. The van der Waals surface area contributed by atoms with Gasteiger partial charge in [0.1, 0.15) is 5.76 Å². The number of carbonyl (C=O) groups excluding carboxylic acids is 2. The third-order valence-corrected chi connectivity index (χ3v) is 3.30. The van der Waals surface area contributed by atoms with Crippen LogP contribution in [-0.4, -0.2) is 37.9 Å². The second-order valence-electron chi connectivity index (χ2n) is 4.92. The van der Waals surface area contributed by atoms with Gasteiger partial charge in [-0.15, -0.1) is 0 Å². The molecule has 9 nitrogen and oxygen atoms in total. The van der Waals surface area contributed by atoms with Crippen LogP contribution in [0.4, 0.5) is 5.82 Å². The number of aliphatic hydroxyl groups excluding tert-OH is 1. The van der Waals surface area contributed by atoms with Crippen molar-refractivity contribution >= 4 is 23.3 Å². The van der Waals surface area contributed by atoms with Crippen LogP contribution in [0.15, 0.2) is 42.2 Å². The molecule has 0 aliphatic carbocycles. The summed E-state index contributed by atoms with van der Waals surface area (Å²) in [5.74, 6) is -3.47. The number of ether oxygens (including phenoxy) is 1. The molecule has 0 spiro atoms. The Morgan fingerprint density at radius 2 is 1.96 bits per heavy atom. The van der Waals surface area contributed by atoms with Crippen molar-refractivity contribution in [2.45, 2.75) is 6.92 Å². The molecule has 0 saturated heterocycles. The predicted octanol–water partition coefficient (Wildman–Crippen LogP) is 2.04. The molecule has 0 saturated carbocycles. The molecule has 0 radical (unpaired) electrons. The van der Waals surface area contributed by atoms with E-state index in [1.165, 1.54) is 26.1 Å². The lowest BCUT2D eigenvalue weighted by atomic mass is 10.0. The summed E-state index contributed by atoms with van der Waals surface area (Å²) in [6, 6.07) is 7.87. The van der Waals surface area contributed by atoms with Crippen LogP contribution in [0.1, 0.15) is 23.0 Å². The number of rotatable bonds is 6. The van der Waals surface area contributed by atoms with E-state index < -0.39 is 39.5 Å². The molecule has 1 aromatic carbocycles. The summed E-state index contributed by atoms with van der Waals surface area (Å²) in [5, 5.41) is 21.5. The molecule has 0 aliphatic rings. The van der Waals surface area contributed by atoms with Gasteiger partial charge in [0.05, 0.1) is 6.61 Å². The van der Waals surface area contributed by atoms with Crippen LogP contribution in [0.5, 0.6) is 0 Å². The molecule has 2 rings (SSSR count). The molecule has 9 heteroatoms. The lowest BCUT2D eigenvalue weighted by Crippen LogP contribution is -2.21. The first-order valence-corrected chi connectivity index (χ1v) is 7.24.